The van der Waals surface area contributed by atoms with Gasteiger partial charge in [0.1, 0.15) is 5.75 Å². The maximum absolute atomic E-state index is 5.78. The second-order valence-corrected chi connectivity index (χ2v) is 7.10. The molecule has 0 aliphatic carbocycles. The van der Waals surface area contributed by atoms with Crippen molar-refractivity contribution < 1.29 is 14.2 Å². The zero-order valence-corrected chi connectivity index (χ0v) is 17.7. The molecule has 0 saturated carbocycles. The van der Waals surface area contributed by atoms with Gasteiger partial charge >= 0.3 is 0 Å². The van der Waals surface area contributed by atoms with Gasteiger partial charge in [0.05, 0.1) is 25.1 Å². The number of unbranched alkanes of at least 4 members (excludes halogenated alkanes) is 3. The zero-order valence-electron chi connectivity index (χ0n) is 17.7. The molecule has 2 unspecified atom stereocenters. The summed E-state index contributed by atoms with van der Waals surface area (Å²) in [6, 6.07) is 7.90. The van der Waals surface area contributed by atoms with Crippen LogP contribution in [0.5, 0.6) is 11.5 Å². The van der Waals surface area contributed by atoms with Crippen LogP contribution in [-0.4, -0.2) is 29.0 Å². The third kappa shape index (κ3) is 7.85. The highest BCUT2D eigenvalue weighted by Gasteiger charge is 2.10. The van der Waals surface area contributed by atoms with Crippen LogP contribution in [-0.2, 0) is 4.74 Å². The van der Waals surface area contributed by atoms with E-state index in [1.165, 1.54) is 19.3 Å². The summed E-state index contributed by atoms with van der Waals surface area (Å²) in [7, 11) is 0. The largest absolute Gasteiger partial charge is 0.494 e. The van der Waals surface area contributed by atoms with Crippen LogP contribution in [0.15, 0.2) is 36.7 Å². The van der Waals surface area contributed by atoms with E-state index in [0.717, 1.165) is 37.2 Å². The van der Waals surface area contributed by atoms with Gasteiger partial charge in [-0.05, 0) is 51.0 Å². The van der Waals surface area contributed by atoms with E-state index in [9.17, 15) is 0 Å². The number of hydrogen-bond acceptors (Lipinski definition) is 5. The van der Waals surface area contributed by atoms with Crippen LogP contribution in [0.2, 0.25) is 0 Å². The van der Waals surface area contributed by atoms with Gasteiger partial charge in [-0.1, -0.05) is 39.5 Å². The second kappa shape index (κ2) is 12.3. The van der Waals surface area contributed by atoms with Gasteiger partial charge in [0.25, 0.3) is 0 Å². The number of ether oxygens (including phenoxy) is 3. The molecule has 0 amide bonds. The summed E-state index contributed by atoms with van der Waals surface area (Å²) in [5, 5.41) is 0. The fraction of sp³-hybridized carbons (Fsp3) is 0.565. The van der Waals surface area contributed by atoms with E-state index in [2.05, 4.69) is 30.7 Å². The molecule has 0 aliphatic rings. The predicted octanol–water partition coefficient (Wildman–Crippen LogP) is 6.03. The minimum absolute atomic E-state index is 0.174. The minimum atomic E-state index is -0.329. The number of aromatic nitrogens is 2. The van der Waals surface area contributed by atoms with Crippen molar-refractivity contribution in [2.45, 2.75) is 78.6 Å². The normalized spacial score (nSPS) is 13.1. The molecule has 2 rings (SSSR count). The van der Waals surface area contributed by atoms with Gasteiger partial charge in [0.2, 0.25) is 0 Å². The quantitative estimate of drug-likeness (QED) is 0.311. The summed E-state index contributed by atoms with van der Waals surface area (Å²) in [6.07, 6.45) is 10.1. The molecule has 2 atom stereocenters. The first-order chi connectivity index (χ1) is 13.6. The molecule has 0 radical (unpaired) electrons. The number of hydrogen-bond donors (Lipinski definition) is 0. The molecule has 2 aromatic rings. The number of nitrogens with zero attached hydrogens (tertiary/aromatic N) is 2. The summed E-state index contributed by atoms with van der Waals surface area (Å²) in [6.45, 7) is 9.06. The summed E-state index contributed by atoms with van der Waals surface area (Å²) in [5.74, 6) is 2.15. The van der Waals surface area contributed by atoms with Crippen LogP contribution in [0.3, 0.4) is 0 Å². The molecular weight excluding hydrogens is 352 g/mol. The lowest BCUT2D eigenvalue weighted by molar-refractivity contribution is -0.103. The van der Waals surface area contributed by atoms with Crippen LogP contribution in [0.1, 0.15) is 66.2 Å². The minimum Gasteiger partial charge on any atom is -0.494 e. The Labute approximate surface area is 169 Å². The maximum atomic E-state index is 5.78. The van der Waals surface area contributed by atoms with Gasteiger partial charge in [-0.3, -0.25) is 0 Å². The summed E-state index contributed by atoms with van der Waals surface area (Å²) in [5.41, 5.74) is 0.950. The van der Waals surface area contributed by atoms with Crippen LogP contribution in [0, 0.1) is 0 Å². The van der Waals surface area contributed by atoms with Crippen molar-refractivity contribution in [3.8, 4) is 22.9 Å². The molecule has 5 nitrogen and oxygen atoms in total. The second-order valence-electron chi connectivity index (χ2n) is 7.10. The molecule has 0 N–H and O–H groups in total. The third-order valence-electron chi connectivity index (χ3n) is 4.43. The van der Waals surface area contributed by atoms with Crippen LogP contribution in [0.4, 0.5) is 0 Å². The average molecular weight is 387 g/mol. The van der Waals surface area contributed by atoms with Gasteiger partial charge in [0, 0.05) is 5.56 Å². The molecular formula is C23H34N2O3. The van der Waals surface area contributed by atoms with Gasteiger partial charge in [-0.2, -0.15) is 0 Å². The van der Waals surface area contributed by atoms with E-state index < -0.39 is 0 Å². The zero-order chi connectivity index (χ0) is 20.2. The molecule has 5 heteroatoms. The van der Waals surface area contributed by atoms with Crippen LogP contribution < -0.4 is 9.47 Å². The monoisotopic (exact) mass is 386 g/mol. The van der Waals surface area contributed by atoms with Crippen molar-refractivity contribution in [1.82, 2.24) is 9.97 Å². The van der Waals surface area contributed by atoms with E-state index in [4.69, 9.17) is 14.2 Å². The first-order valence-corrected chi connectivity index (χ1v) is 10.5. The van der Waals surface area contributed by atoms with Crippen molar-refractivity contribution in [1.29, 1.82) is 0 Å². The van der Waals surface area contributed by atoms with Crippen molar-refractivity contribution >= 4 is 0 Å². The third-order valence-corrected chi connectivity index (χ3v) is 4.43. The summed E-state index contributed by atoms with van der Waals surface area (Å²) < 4.78 is 17.3. The molecule has 0 saturated heterocycles. The van der Waals surface area contributed by atoms with Crippen LogP contribution >= 0.6 is 0 Å². The van der Waals surface area contributed by atoms with Crippen molar-refractivity contribution in [3.05, 3.63) is 36.7 Å². The van der Waals surface area contributed by atoms with E-state index in [-0.39, 0.29) is 12.4 Å². The summed E-state index contributed by atoms with van der Waals surface area (Å²) in [4.78, 5) is 8.82. The molecule has 1 aromatic carbocycles. The van der Waals surface area contributed by atoms with Gasteiger partial charge in [-0.25, -0.2) is 9.97 Å². The Hall–Kier alpha value is -2.14. The highest BCUT2D eigenvalue weighted by Crippen LogP contribution is 2.21. The Bertz CT molecular complexity index is 659. The van der Waals surface area contributed by atoms with E-state index in [0.29, 0.717) is 11.6 Å². The Kier molecular flexibility index (Phi) is 9.77. The highest BCUT2D eigenvalue weighted by molar-refractivity contribution is 5.56. The van der Waals surface area contributed by atoms with Crippen molar-refractivity contribution in [2.75, 3.05) is 6.61 Å². The van der Waals surface area contributed by atoms with E-state index >= 15 is 0 Å². The highest BCUT2D eigenvalue weighted by atomic mass is 16.7. The lowest BCUT2D eigenvalue weighted by Crippen LogP contribution is -2.22. The first-order valence-electron chi connectivity index (χ1n) is 10.5. The number of benzene rings is 1. The smallest absolute Gasteiger partial charge is 0.197 e. The molecule has 1 aromatic heterocycles. The maximum Gasteiger partial charge on any atom is 0.197 e. The first kappa shape index (κ1) is 22.2. The molecule has 1 heterocycles. The van der Waals surface area contributed by atoms with Crippen LogP contribution in [0.25, 0.3) is 11.4 Å². The number of rotatable bonds is 13. The lowest BCUT2D eigenvalue weighted by atomic mass is 10.2. The van der Waals surface area contributed by atoms with E-state index in [1.54, 1.807) is 12.4 Å². The Morgan fingerprint density at radius 3 is 2.21 bits per heavy atom. The fourth-order valence-corrected chi connectivity index (χ4v) is 2.97. The molecule has 28 heavy (non-hydrogen) atoms. The van der Waals surface area contributed by atoms with Gasteiger partial charge < -0.3 is 14.2 Å². The van der Waals surface area contributed by atoms with Gasteiger partial charge in [0.15, 0.2) is 17.9 Å². The Morgan fingerprint density at radius 1 is 0.857 bits per heavy atom. The average Bonchev–Trinajstić information content (AvgIpc) is 2.69. The molecule has 0 bridgehead atoms. The Balaban J connectivity index is 1.83. The standard InChI is InChI=1S/C23H34N2O3/c1-5-7-8-9-15-26-21-13-11-20(12-14-21)23-24-16-22(17-25-23)28-19(4)27-18(3)10-6-2/h11-14,16-19H,5-10,15H2,1-4H3. The van der Waals surface area contributed by atoms with Gasteiger partial charge in [-0.15, -0.1) is 0 Å². The molecule has 0 fully saturated rings. The van der Waals surface area contributed by atoms with Crippen molar-refractivity contribution in [3.63, 3.8) is 0 Å². The molecule has 0 aliphatic heterocycles. The fourth-order valence-electron chi connectivity index (χ4n) is 2.97. The summed E-state index contributed by atoms with van der Waals surface area (Å²) >= 11 is 0. The predicted molar refractivity (Wildman–Crippen MR) is 113 cm³/mol. The van der Waals surface area contributed by atoms with E-state index in [1.807, 2.05) is 31.2 Å². The molecule has 0 spiro atoms. The van der Waals surface area contributed by atoms with Crippen molar-refractivity contribution in [2.24, 2.45) is 0 Å². The lowest BCUT2D eigenvalue weighted by Gasteiger charge is -2.19. The molecule has 154 valence electrons. The topological polar surface area (TPSA) is 53.5 Å². The SMILES string of the molecule is CCCCCCOc1ccc(-c2ncc(OC(C)OC(C)CCC)cn2)cc1. The Morgan fingerprint density at radius 2 is 1.57 bits per heavy atom.